The number of hydrogen-bond acceptors (Lipinski definition) is 6. The van der Waals surface area contributed by atoms with Crippen molar-refractivity contribution < 1.29 is 29.2 Å². The van der Waals surface area contributed by atoms with Crippen LogP contribution in [0.3, 0.4) is 0 Å². The molecule has 0 aliphatic carbocycles. The van der Waals surface area contributed by atoms with Gasteiger partial charge in [0.05, 0.1) is 58.5 Å². The van der Waals surface area contributed by atoms with Crippen molar-refractivity contribution in [3.05, 3.63) is 12.2 Å². The lowest BCUT2D eigenvalue weighted by molar-refractivity contribution is -0.201. The molecule has 4 saturated heterocycles. The van der Waals surface area contributed by atoms with Crippen LogP contribution in [0.2, 0.25) is 0 Å². The van der Waals surface area contributed by atoms with E-state index in [0.717, 1.165) is 57.8 Å². The lowest BCUT2D eigenvalue weighted by Gasteiger charge is -2.38. The van der Waals surface area contributed by atoms with Gasteiger partial charge in [0.15, 0.2) is 0 Å². The molecule has 2 N–H and O–H groups in total. The van der Waals surface area contributed by atoms with E-state index < -0.39 is 11.2 Å². The zero-order valence-electron chi connectivity index (χ0n) is 23.1. The first kappa shape index (κ1) is 27.5. The topological polar surface area (TPSA) is 80.7 Å². The predicted molar refractivity (Wildman–Crippen MR) is 136 cm³/mol. The van der Waals surface area contributed by atoms with E-state index in [1.807, 2.05) is 20.8 Å². The Kier molecular flexibility index (Phi) is 7.60. The molecule has 0 amide bonds. The third-order valence-corrected chi connectivity index (χ3v) is 9.24. The summed E-state index contributed by atoms with van der Waals surface area (Å²) in [5.74, 6) is 0. The van der Waals surface area contributed by atoms with Gasteiger partial charge in [0, 0.05) is 0 Å². The molecule has 6 heteroatoms. The van der Waals surface area contributed by atoms with Gasteiger partial charge in [0.2, 0.25) is 0 Å². The SMILES string of the molecule is CC(C)(O)[C@H]1CC[C@@](C)([C@H]2CC[C@@](C)([C@H]3CC[C@H]([C@@](C)(O)CC/C=C\CC[C@H]4OC4(C)C)O3)O2)O1. The third-order valence-electron chi connectivity index (χ3n) is 9.24. The number of hydrogen-bond donors (Lipinski definition) is 2. The van der Waals surface area contributed by atoms with Crippen LogP contribution in [0.4, 0.5) is 0 Å². The fourth-order valence-electron chi connectivity index (χ4n) is 6.43. The maximum atomic E-state index is 11.2. The van der Waals surface area contributed by atoms with Crippen LogP contribution in [0, 0.1) is 0 Å². The second-order valence-electron chi connectivity index (χ2n) is 13.4. The van der Waals surface area contributed by atoms with Crippen molar-refractivity contribution in [2.24, 2.45) is 0 Å². The second-order valence-corrected chi connectivity index (χ2v) is 13.4. The number of ether oxygens (including phenoxy) is 4. The van der Waals surface area contributed by atoms with Crippen LogP contribution in [-0.2, 0) is 18.9 Å². The van der Waals surface area contributed by atoms with Crippen LogP contribution in [0.1, 0.15) is 113 Å². The van der Waals surface area contributed by atoms with E-state index in [0.29, 0.717) is 12.5 Å². The minimum absolute atomic E-state index is 0.000221. The van der Waals surface area contributed by atoms with E-state index in [1.165, 1.54) is 0 Å². The number of rotatable bonds is 10. The minimum Gasteiger partial charge on any atom is -0.388 e. The second kappa shape index (κ2) is 9.67. The Morgan fingerprint density at radius 1 is 0.771 bits per heavy atom. The van der Waals surface area contributed by atoms with E-state index in [2.05, 4.69) is 39.8 Å². The molecule has 6 nitrogen and oxygen atoms in total. The molecule has 0 unspecified atom stereocenters. The Hall–Kier alpha value is -0.500. The molecule has 202 valence electrons. The predicted octanol–water partition coefficient (Wildman–Crippen LogP) is 5.23. The largest absolute Gasteiger partial charge is 0.388 e. The van der Waals surface area contributed by atoms with Crippen molar-refractivity contribution in [3.8, 4) is 0 Å². The summed E-state index contributed by atoms with van der Waals surface area (Å²) in [7, 11) is 0. The minimum atomic E-state index is -0.852. The maximum absolute atomic E-state index is 11.2. The van der Waals surface area contributed by atoms with E-state index in [4.69, 9.17) is 18.9 Å². The molecule has 0 aromatic heterocycles. The highest BCUT2D eigenvalue weighted by atomic mass is 16.6. The number of aliphatic hydroxyl groups is 2. The van der Waals surface area contributed by atoms with Crippen LogP contribution in [-0.4, -0.2) is 68.7 Å². The highest BCUT2D eigenvalue weighted by Gasteiger charge is 2.55. The van der Waals surface area contributed by atoms with E-state index in [9.17, 15) is 10.2 Å². The zero-order valence-corrected chi connectivity index (χ0v) is 23.1. The molecule has 4 aliphatic rings. The van der Waals surface area contributed by atoms with E-state index in [-0.39, 0.29) is 41.2 Å². The van der Waals surface area contributed by atoms with Gasteiger partial charge in [-0.3, -0.25) is 0 Å². The molecule has 0 radical (unpaired) electrons. The average Bonchev–Trinajstić information content (AvgIpc) is 3.25. The zero-order chi connectivity index (χ0) is 25.7. The molecule has 0 spiro atoms. The lowest BCUT2D eigenvalue weighted by atomic mass is 9.89. The summed E-state index contributed by atoms with van der Waals surface area (Å²) >= 11 is 0. The number of epoxide rings is 1. The summed E-state index contributed by atoms with van der Waals surface area (Å²) in [5.41, 5.74) is -2.37. The summed E-state index contributed by atoms with van der Waals surface area (Å²) < 4.78 is 25.1. The fourth-order valence-corrected chi connectivity index (χ4v) is 6.43. The van der Waals surface area contributed by atoms with Crippen LogP contribution >= 0.6 is 0 Å². The summed E-state index contributed by atoms with van der Waals surface area (Å²) in [6, 6.07) is 0. The van der Waals surface area contributed by atoms with Gasteiger partial charge in [-0.15, -0.1) is 0 Å². The maximum Gasteiger partial charge on any atom is 0.0921 e. The highest BCUT2D eigenvalue weighted by Crippen LogP contribution is 2.48. The first-order valence-electron chi connectivity index (χ1n) is 13.9. The van der Waals surface area contributed by atoms with Crippen molar-refractivity contribution in [1.29, 1.82) is 0 Å². The van der Waals surface area contributed by atoms with Gasteiger partial charge in [0.25, 0.3) is 0 Å². The van der Waals surface area contributed by atoms with Gasteiger partial charge >= 0.3 is 0 Å². The van der Waals surface area contributed by atoms with Crippen LogP contribution in [0.25, 0.3) is 0 Å². The van der Waals surface area contributed by atoms with Crippen LogP contribution in [0.15, 0.2) is 12.2 Å². The first-order chi connectivity index (χ1) is 16.1. The molecule has 4 heterocycles. The van der Waals surface area contributed by atoms with Crippen molar-refractivity contribution in [2.75, 3.05) is 0 Å². The monoisotopic (exact) mass is 494 g/mol. The quantitative estimate of drug-likeness (QED) is 0.320. The normalized spacial score (nSPS) is 43.2. The molecular formula is C29H50O6. The van der Waals surface area contributed by atoms with Crippen molar-refractivity contribution >= 4 is 0 Å². The Bertz CT molecular complexity index is 770. The van der Waals surface area contributed by atoms with Gasteiger partial charge in [-0.25, -0.2) is 0 Å². The fraction of sp³-hybridized carbons (Fsp3) is 0.931. The van der Waals surface area contributed by atoms with Gasteiger partial charge in [-0.1, -0.05) is 12.2 Å². The summed E-state index contributed by atoms with van der Waals surface area (Å²) in [6.07, 6.45) is 13.4. The van der Waals surface area contributed by atoms with Gasteiger partial charge in [-0.05, 0) is 113 Å². The smallest absolute Gasteiger partial charge is 0.0921 e. The molecule has 4 rings (SSSR count). The standard InChI is InChI=1S/C29H50O6/c1-25(2,30)20-15-18-29(7,34-20)24-16-19-28(6,35-24)23-14-13-22(32-23)27(5,31)17-11-9-8-10-12-21-26(3,4)33-21/h8-9,20-24,30-31H,10-19H2,1-7H3/b9-8-/t20-,21-,22-,23-,24-,27+,28+,29+/m1/s1. The summed E-state index contributed by atoms with van der Waals surface area (Å²) in [6.45, 7) is 14.1. The first-order valence-corrected chi connectivity index (χ1v) is 13.9. The lowest BCUT2D eigenvalue weighted by Crippen LogP contribution is -2.47. The van der Waals surface area contributed by atoms with Crippen LogP contribution in [0.5, 0.6) is 0 Å². The Balaban J connectivity index is 1.23. The molecule has 4 fully saturated rings. The third kappa shape index (κ3) is 6.15. The van der Waals surface area contributed by atoms with Gasteiger partial charge in [-0.2, -0.15) is 0 Å². The molecule has 35 heavy (non-hydrogen) atoms. The van der Waals surface area contributed by atoms with Crippen molar-refractivity contribution in [1.82, 2.24) is 0 Å². The average molecular weight is 495 g/mol. The van der Waals surface area contributed by atoms with Crippen LogP contribution < -0.4 is 0 Å². The Morgan fingerprint density at radius 3 is 2.03 bits per heavy atom. The van der Waals surface area contributed by atoms with Crippen molar-refractivity contribution in [3.63, 3.8) is 0 Å². The summed E-state index contributed by atoms with van der Waals surface area (Å²) in [4.78, 5) is 0. The molecular weight excluding hydrogens is 444 g/mol. The van der Waals surface area contributed by atoms with Gasteiger partial charge < -0.3 is 29.2 Å². The molecule has 0 aromatic rings. The number of allylic oxidation sites excluding steroid dienone is 2. The van der Waals surface area contributed by atoms with Crippen molar-refractivity contribution in [2.45, 2.75) is 171 Å². The summed E-state index contributed by atoms with van der Waals surface area (Å²) in [5, 5.41) is 21.6. The molecule has 0 aromatic carbocycles. The van der Waals surface area contributed by atoms with E-state index in [1.54, 1.807) is 0 Å². The van der Waals surface area contributed by atoms with Gasteiger partial charge in [0.1, 0.15) is 0 Å². The Labute approximate surface area is 212 Å². The molecule has 0 bridgehead atoms. The highest BCUT2D eigenvalue weighted by molar-refractivity contribution is 5.05. The molecule has 8 atom stereocenters. The Morgan fingerprint density at radius 2 is 1.40 bits per heavy atom. The van der Waals surface area contributed by atoms with E-state index >= 15 is 0 Å². The molecule has 4 aliphatic heterocycles. The molecule has 0 saturated carbocycles.